The van der Waals surface area contributed by atoms with E-state index >= 15 is 0 Å². The van der Waals surface area contributed by atoms with Crippen LogP contribution >= 0.6 is 0 Å². The molecule has 0 aliphatic carbocycles. The Morgan fingerprint density at radius 3 is 2.69 bits per heavy atom. The second kappa shape index (κ2) is 5.71. The highest BCUT2D eigenvalue weighted by Crippen LogP contribution is 2.28. The van der Waals surface area contributed by atoms with Crippen molar-refractivity contribution in [2.75, 3.05) is 6.54 Å². The van der Waals surface area contributed by atoms with Crippen LogP contribution in [0.3, 0.4) is 0 Å². The molecule has 1 rings (SSSR count). The summed E-state index contributed by atoms with van der Waals surface area (Å²) in [7, 11) is 0. The van der Waals surface area contributed by atoms with Crippen molar-refractivity contribution in [2.45, 2.75) is 33.2 Å². The molecular weight excluding hydrogens is 198 g/mol. The Hall–Kier alpha value is -1.28. The molecule has 0 heterocycles. The number of phenols is 1. The van der Waals surface area contributed by atoms with E-state index in [0.29, 0.717) is 11.7 Å². The van der Waals surface area contributed by atoms with Crippen LogP contribution in [0.2, 0.25) is 0 Å². The average Bonchev–Trinajstić information content (AvgIpc) is 2.21. The molecule has 0 radical (unpaired) electrons. The average molecular weight is 219 g/mol. The largest absolute Gasteiger partial charge is 0.508 e. The number of hydrogen-bond donors (Lipinski definition) is 2. The molecule has 0 saturated heterocycles. The molecule has 0 amide bonds. The Morgan fingerprint density at radius 1 is 1.44 bits per heavy atom. The summed E-state index contributed by atoms with van der Waals surface area (Å²) >= 11 is 0. The van der Waals surface area contributed by atoms with Gasteiger partial charge in [0.1, 0.15) is 5.75 Å². The molecule has 2 heteroatoms. The Kier molecular flexibility index (Phi) is 4.56. The fraction of sp³-hybridized carbons (Fsp3) is 0.429. The molecule has 0 fully saturated rings. The van der Waals surface area contributed by atoms with E-state index in [9.17, 15) is 5.11 Å². The molecule has 0 atom stereocenters. The van der Waals surface area contributed by atoms with E-state index in [0.717, 1.165) is 24.2 Å². The number of rotatable bonds is 5. The van der Waals surface area contributed by atoms with Crippen molar-refractivity contribution >= 4 is 0 Å². The highest BCUT2D eigenvalue weighted by atomic mass is 16.3. The first-order valence-corrected chi connectivity index (χ1v) is 5.70. The SMILES string of the molecule is C=CCNCc1cc(C(C)C)c(O)cc1C. The van der Waals surface area contributed by atoms with Crippen molar-refractivity contribution in [2.24, 2.45) is 0 Å². The van der Waals surface area contributed by atoms with Crippen LogP contribution in [0, 0.1) is 6.92 Å². The third-order valence-corrected chi connectivity index (χ3v) is 2.71. The standard InChI is InChI=1S/C14H21NO/c1-5-6-15-9-12-8-13(10(2)3)14(16)7-11(12)4/h5,7-8,10,15-16H,1,6,9H2,2-4H3. The first-order chi connectivity index (χ1) is 7.56. The predicted molar refractivity (Wildman–Crippen MR) is 68.8 cm³/mol. The number of aryl methyl sites for hydroxylation is 1. The van der Waals surface area contributed by atoms with Gasteiger partial charge in [0.05, 0.1) is 0 Å². The Balaban J connectivity index is 2.91. The second-order valence-electron chi connectivity index (χ2n) is 4.41. The van der Waals surface area contributed by atoms with Gasteiger partial charge in [0.2, 0.25) is 0 Å². The van der Waals surface area contributed by atoms with Crippen LogP contribution in [-0.2, 0) is 6.54 Å². The zero-order chi connectivity index (χ0) is 12.1. The summed E-state index contributed by atoms with van der Waals surface area (Å²) in [5, 5.41) is 13.1. The maximum Gasteiger partial charge on any atom is 0.119 e. The molecule has 0 bridgehead atoms. The summed E-state index contributed by atoms with van der Waals surface area (Å²) < 4.78 is 0. The lowest BCUT2D eigenvalue weighted by Gasteiger charge is -2.13. The van der Waals surface area contributed by atoms with Gasteiger partial charge < -0.3 is 10.4 Å². The molecule has 1 aromatic rings. The summed E-state index contributed by atoms with van der Waals surface area (Å²) in [5.74, 6) is 0.749. The van der Waals surface area contributed by atoms with E-state index in [1.807, 2.05) is 19.1 Å². The topological polar surface area (TPSA) is 32.3 Å². The molecule has 0 unspecified atom stereocenters. The van der Waals surface area contributed by atoms with Gasteiger partial charge in [-0.3, -0.25) is 0 Å². The van der Waals surface area contributed by atoms with Gasteiger partial charge >= 0.3 is 0 Å². The molecule has 0 saturated carbocycles. The van der Waals surface area contributed by atoms with Gasteiger partial charge in [-0.2, -0.15) is 0 Å². The summed E-state index contributed by atoms with van der Waals surface area (Å²) in [5.41, 5.74) is 3.38. The highest BCUT2D eigenvalue weighted by molar-refractivity contribution is 5.42. The zero-order valence-corrected chi connectivity index (χ0v) is 10.4. The summed E-state index contributed by atoms with van der Waals surface area (Å²) in [6, 6.07) is 3.94. The molecule has 16 heavy (non-hydrogen) atoms. The first kappa shape index (κ1) is 12.8. The third kappa shape index (κ3) is 3.11. The van der Waals surface area contributed by atoms with Crippen LogP contribution in [0.5, 0.6) is 5.75 Å². The lowest BCUT2D eigenvalue weighted by atomic mass is 9.96. The van der Waals surface area contributed by atoms with E-state index in [4.69, 9.17) is 0 Å². The second-order valence-corrected chi connectivity index (χ2v) is 4.41. The van der Waals surface area contributed by atoms with E-state index in [1.165, 1.54) is 5.56 Å². The van der Waals surface area contributed by atoms with Crippen molar-refractivity contribution in [3.63, 3.8) is 0 Å². The number of benzene rings is 1. The maximum absolute atomic E-state index is 9.82. The van der Waals surface area contributed by atoms with Crippen molar-refractivity contribution in [1.82, 2.24) is 5.32 Å². The number of phenolic OH excluding ortho intramolecular Hbond substituents is 1. The fourth-order valence-electron chi connectivity index (χ4n) is 1.72. The molecule has 2 nitrogen and oxygen atoms in total. The summed E-state index contributed by atoms with van der Waals surface area (Å²) in [6.07, 6.45) is 1.85. The van der Waals surface area contributed by atoms with Gasteiger partial charge in [-0.05, 0) is 35.6 Å². The van der Waals surface area contributed by atoms with Crippen LogP contribution in [0.25, 0.3) is 0 Å². The molecule has 88 valence electrons. The Bertz CT molecular complexity index is 369. The molecular formula is C14H21NO. The van der Waals surface area contributed by atoms with Crippen molar-refractivity contribution in [3.8, 4) is 5.75 Å². The maximum atomic E-state index is 9.82. The number of nitrogens with one attached hydrogen (secondary N) is 1. The highest BCUT2D eigenvalue weighted by Gasteiger charge is 2.09. The lowest BCUT2D eigenvalue weighted by molar-refractivity contribution is 0.464. The predicted octanol–water partition coefficient (Wildman–Crippen LogP) is 3.10. The van der Waals surface area contributed by atoms with Crippen LogP contribution in [0.1, 0.15) is 36.5 Å². The number of aromatic hydroxyl groups is 1. The Labute approximate surface area is 98.0 Å². The minimum atomic E-state index is 0.346. The summed E-state index contributed by atoms with van der Waals surface area (Å²) in [4.78, 5) is 0. The van der Waals surface area contributed by atoms with Gasteiger partial charge in [-0.1, -0.05) is 26.0 Å². The minimum Gasteiger partial charge on any atom is -0.508 e. The molecule has 1 aromatic carbocycles. The van der Waals surface area contributed by atoms with Crippen molar-refractivity contribution in [1.29, 1.82) is 0 Å². The van der Waals surface area contributed by atoms with Crippen LogP contribution in [0.4, 0.5) is 0 Å². The normalized spacial score (nSPS) is 10.8. The van der Waals surface area contributed by atoms with Gasteiger partial charge in [0.15, 0.2) is 0 Å². The van der Waals surface area contributed by atoms with Crippen LogP contribution in [0.15, 0.2) is 24.8 Å². The van der Waals surface area contributed by atoms with Crippen LogP contribution < -0.4 is 5.32 Å². The van der Waals surface area contributed by atoms with Crippen molar-refractivity contribution < 1.29 is 5.11 Å². The molecule has 0 aromatic heterocycles. The minimum absolute atomic E-state index is 0.346. The van der Waals surface area contributed by atoms with Crippen LogP contribution in [-0.4, -0.2) is 11.7 Å². The monoisotopic (exact) mass is 219 g/mol. The van der Waals surface area contributed by atoms with E-state index in [1.54, 1.807) is 0 Å². The van der Waals surface area contributed by atoms with Gasteiger partial charge in [0.25, 0.3) is 0 Å². The van der Waals surface area contributed by atoms with Gasteiger partial charge in [-0.15, -0.1) is 6.58 Å². The summed E-state index contributed by atoms with van der Waals surface area (Å²) in [6.45, 7) is 11.5. The van der Waals surface area contributed by atoms with Crippen molar-refractivity contribution in [3.05, 3.63) is 41.5 Å². The smallest absolute Gasteiger partial charge is 0.119 e. The quantitative estimate of drug-likeness (QED) is 0.589. The molecule has 0 aliphatic rings. The van der Waals surface area contributed by atoms with E-state index < -0.39 is 0 Å². The van der Waals surface area contributed by atoms with Gasteiger partial charge in [0, 0.05) is 13.1 Å². The first-order valence-electron chi connectivity index (χ1n) is 5.70. The van der Waals surface area contributed by atoms with Gasteiger partial charge in [-0.25, -0.2) is 0 Å². The molecule has 0 aliphatic heterocycles. The molecule has 2 N–H and O–H groups in total. The zero-order valence-electron chi connectivity index (χ0n) is 10.4. The Morgan fingerprint density at radius 2 is 2.12 bits per heavy atom. The molecule has 0 spiro atoms. The third-order valence-electron chi connectivity index (χ3n) is 2.71. The fourth-order valence-corrected chi connectivity index (χ4v) is 1.72. The number of hydrogen-bond acceptors (Lipinski definition) is 2. The lowest BCUT2D eigenvalue weighted by Crippen LogP contribution is -2.13. The van der Waals surface area contributed by atoms with E-state index in [2.05, 4.69) is 31.8 Å². The van der Waals surface area contributed by atoms with E-state index in [-0.39, 0.29) is 0 Å².